The molecule has 4 nitrogen and oxygen atoms in total. The monoisotopic (exact) mass is 378 g/mol. The normalized spacial score (nSPS) is 11.0. The zero-order chi connectivity index (χ0) is 17.3. The minimum atomic E-state index is -0.270. The van der Waals surface area contributed by atoms with Gasteiger partial charge < -0.3 is 5.11 Å². The van der Waals surface area contributed by atoms with Gasteiger partial charge in [-0.3, -0.25) is 4.79 Å². The molecule has 0 saturated heterocycles. The summed E-state index contributed by atoms with van der Waals surface area (Å²) in [5, 5.41) is 14.6. The lowest BCUT2D eigenvalue weighted by atomic mass is 9.89. The number of hydrogen-bond donors (Lipinski definition) is 1. The van der Waals surface area contributed by atoms with E-state index in [0.29, 0.717) is 11.3 Å². The van der Waals surface area contributed by atoms with Crippen LogP contribution in [0.15, 0.2) is 15.3 Å². The zero-order valence-electron chi connectivity index (χ0n) is 14.3. The van der Waals surface area contributed by atoms with E-state index >= 15 is 0 Å². The number of aryl methyl sites for hydroxylation is 4. The highest BCUT2D eigenvalue weighted by Gasteiger charge is 2.22. The molecule has 0 aliphatic heterocycles. The van der Waals surface area contributed by atoms with E-state index in [9.17, 15) is 9.90 Å². The van der Waals surface area contributed by atoms with Gasteiger partial charge in [0.05, 0.1) is 5.56 Å². The molecule has 124 valence electrons. The Morgan fingerprint density at radius 2 is 1.74 bits per heavy atom. The van der Waals surface area contributed by atoms with Crippen molar-refractivity contribution < 1.29 is 5.11 Å². The summed E-state index contributed by atoms with van der Waals surface area (Å²) in [5.41, 5.74) is 4.78. The van der Waals surface area contributed by atoms with Crippen LogP contribution in [0.2, 0.25) is 0 Å². The Morgan fingerprint density at radius 3 is 2.26 bits per heavy atom. The first kappa shape index (κ1) is 17.7. The van der Waals surface area contributed by atoms with E-state index in [4.69, 9.17) is 0 Å². The number of hydrogen-bond acceptors (Lipinski definition) is 3. The molecule has 2 rings (SSSR count). The third-order valence-corrected chi connectivity index (χ3v) is 5.26. The molecule has 0 radical (unpaired) electrons. The summed E-state index contributed by atoms with van der Waals surface area (Å²) in [5.74, 6) is -0.0198. The van der Waals surface area contributed by atoms with Crippen LogP contribution >= 0.6 is 15.9 Å². The molecule has 0 bridgehead atoms. The van der Waals surface area contributed by atoms with Crippen LogP contribution in [0.25, 0.3) is 11.1 Å². The Morgan fingerprint density at radius 1 is 1.13 bits per heavy atom. The summed E-state index contributed by atoms with van der Waals surface area (Å²) >= 11 is 3.69. The van der Waals surface area contributed by atoms with Gasteiger partial charge in [0.25, 0.3) is 5.56 Å². The maximum Gasteiger partial charge on any atom is 0.278 e. The topological polar surface area (TPSA) is 55.1 Å². The van der Waals surface area contributed by atoms with Crippen LogP contribution in [0, 0.1) is 6.92 Å². The highest BCUT2D eigenvalue weighted by Crippen LogP contribution is 2.39. The van der Waals surface area contributed by atoms with E-state index in [1.54, 1.807) is 14.0 Å². The Labute approximate surface area is 145 Å². The first-order valence-electron chi connectivity index (χ1n) is 7.97. The molecule has 0 atom stereocenters. The Hall–Kier alpha value is -1.62. The highest BCUT2D eigenvalue weighted by molar-refractivity contribution is 9.10. The first-order valence-corrected chi connectivity index (χ1v) is 8.76. The van der Waals surface area contributed by atoms with Crippen LogP contribution < -0.4 is 5.56 Å². The van der Waals surface area contributed by atoms with E-state index in [1.807, 2.05) is 0 Å². The summed E-state index contributed by atoms with van der Waals surface area (Å²) in [4.78, 5) is 12.7. The fourth-order valence-corrected chi connectivity index (χ4v) is 3.88. The molecule has 0 aliphatic rings. The standard InChI is InChI=1S/C18H23BrN2O2/c1-6-11-9-12(7-2)16(19)13(8-3)14(11)15-17(22)10(4)20-21(5)18(15)23/h9,22H,6-8H2,1-5H3. The Balaban J connectivity index is 3.00. The Kier molecular flexibility index (Phi) is 5.30. The lowest BCUT2D eigenvalue weighted by molar-refractivity contribution is 0.460. The van der Waals surface area contributed by atoms with Gasteiger partial charge in [-0.05, 0) is 48.4 Å². The van der Waals surface area contributed by atoms with Crippen LogP contribution in [-0.4, -0.2) is 14.9 Å². The molecular weight excluding hydrogens is 356 g/mol. The second kappa shape index (κ2) is 6.87. The molecule has 1 heterocycles. The average molecular weight is 379 g/mol. The lowest BCUT2D eigenvalue weighted by Crippen LogP contribution is -2.23. The first-order chi connectivity index (χ1) is 10.9. The zero-order valence-corrected chi connectivity index (χ0v) is 15.9. The number of benzene rings is 1. The van der Waals surface area contributed by atoms with Gasteiger partial charge in [-0.2, -0.15) is 5.10 Å². The third kappa shape index (κ3) is 2.94. The van der Waals surface area contributed by atoms with Crippen molar-refractivity contribution in [2.75, 3.05) is 0 Å². The summed E-state index contributed by atoms with van der Waals surface area (Å²) in [6, 6.07) is 2.13. The van der Waals surface area contributed by atoms with Gasteiger partial charge in [0.15, 0.2) is 5.75 Å². The van der Waals surface area contributed by atoms with Crippen molar-refractivity contribution in [2.24, 2.45) is 7.05 Å². The smallest absolute Gasteiger partial charge is 0.278 e. The van der Waals surface area contributed by atoms with Crippen LogP contribution in [0.4, 0.5) is 0 Å². The summed E-state index contributed by atoms with van der Waals surface area (Å²) < 4.78 is 2.33. The molecule has 0 amide bonds. The van der Waals surface area contributed by atoms with E-state index in [2.05, 4.69) is 47.9 Å². The van der Waals surface area contributed by atoms with Crippen molar-refractivity contribution in [2.45, 2.75) is 47.0 Å². The van der Waals surface area contributed by atoms with Gasteiger partial charge in [-0.15, -0.1) is 0 Å². The van der Waals surface area contributed by atoms with Crippen LogP contribution in [-0.2, 0) is 26.3 Å². The molecule has 0 unspecified atom stereocenters. The number of halogens is 1. The number of aromatic hydroxyl groups is 1. The fraction of sp³-hybridized carbons (Fsp3) is 0.444. The van der Waals surface area contributed by atoms with Gasteiger partial charge in [-0.25, -0.2) is 4.68 Å². The molecule has 23 heavy (non-hydrogen) atoms. The largest absolute Gasteiger partial charge is 0.505 e. The molecular formula is C18H23BrN2O2. The molecule has 0 saturated carbocycles. The van der Waals surface area contributed by atoms with Crippen molar-refractivity contribution in [3.8, 4) is 16.9 Å². The molecule has 0 aliphatic carbocycles. The number of aromatic nitrogens is 2. The van der Waals surface area contributed by atoms with Gasteiger partial charge in [0.2, 0.25) is 0 Å². The average Bonchev–Trinajstić information content (AvgIpc) is 2.53. The van der Waals surface area contributed by atoms with E-state index in [0.717, 1.165) is 40.4 Å². The lowest BCUT2D eigenvalue weighted by Gasteiger charge is -2.19. The summed E-state index contributed by atoms with van der Waals surface area (Å²) in [7, 11) is 1.62. The SMILES string of the molecule is CCc1cc(CC)c(-c2c(O)c(C)nn(C)c2=O)c(CC)c1Br. The van der Waals surface area contributed by atoms with Crippen LogP contribution in [0.5, 0.6) is 5.75 Å². The van der Waals surface area contributed by atoms with Gasteiger partial charge in [0.1, 0.15) is 5.69 Å². The number of rotatable bonds is 4. The molecule has 0 fully saturated rings. The predicted octanol–water partition coefficient (Wildman–Crippen LogP) is 3.91. The van der Waals surface area contributed by atoms with Crippen molar-refractivity contribution in [1.29, 1.82) is 0 Å². The second-order valence-electron chi connectivity index (χ2n) is 5.66. The van der Waals surface area contributed by atoms with E-state index in [-0.39, 0.29) is 11.3 Å². The van der Waals surface area contributed by atoms with E-state index in [1.165, 1.54) is 10.2 Å². The minimum absolute atomic E-state index is 0.0198. The maximum absolute atomic E-state index is 12.7. The fourth-order valence-electron chi connectivity index (χ4n) is 3.01. The van der Waals surface area contributed by atoms with Crippen molar-refractivity contribution in [3.05, 3.63) is 43.3 Å². The molecule has 1 N–H and O–H groups in total. The van der Waals surface area contributed by atoms with Crippen LogP contribution in [0.1, 0.15) is 43.2 Å². The predicted molar refractivity (Wildman–Crippen MR) is 97.1 cm³/mol. The van der Waals surface area contributed by atoms with Crippen molar-refractivity contribution >= 4 is 15.9 Å². The molecule has 1 aromatic heterocycles. The minimum Gasteiger partial charge on any atom is -0.505 e. The number of nitrogens with zero attached hydrogens (tertiary/aromatic N) is 2. The molecule has 1 aromatic carbocycles. The van der Waals surface area contributed by atoms with Gasteiger partial charge >= 0.3 is 0 Å². The van der Waals surface area contributed by atoms with Crippen LogP contribution in [0.3, 0.4) is 0 Å². The molecule has 2 aromatic rings. The molecule has 0 spiro atoms. The van der Waals surface area contributed by atoms with Gasteiger partial charge in [-0.1, -0.05) is 42.8 Å². The molecule has 5 heteroatoms. The Bertz CT molecular complexity index is 810. The van der Waals surface area contributed by atoms with Crippen molar-refractivity contribution in [3.63, 3.8) is 0 Å². The van der Waals surface area contributed by atoms with Gasteiger partial charge in [0, 0.05) is 11.5 Å². The maximum atomic E-state index is 12.7. The third-order valence-electron chi connectivity index (χ3n) is 4.27. The van der Waals surface area contributed by atoms with E-state index < -0.39 is 0 Å². The highest BCUT2D eigenvalue weighted by atomic mass is 79.9. The quantitative estimate of drug-likeness (QED) is 0.876. The summed E-state index contributed by atoms with van der Waals surface area (Å²) in [6.07, 6.45) is 2.49. The second-order valence-corrected chi connectivity index (χ2v) is 6.45. The summed E-state index contributed by atoms with van der Waals surface area (Å²) in [6.45, 7) is 7.97. The van der Waals surface area contributed by atoms with Crippen molar-refractivity contribution in [1.82, 2.24) is 9.78 Å².